The standard InChI is InChI=1S/C23H28N4O2S/c1-6-18-10-12-19(13-11-18)29-17(4)22-25-26-23(27(22)5)30-14-20(28)24-21-15(2)8-7-9-16(21)3/h7-13,17H,6,14H2,1-5H3,(H,24,28). The van der Waals surface area contributed by atoms with Crippen molar-refractivity contribution < 1.29 is 9.53 Å². The van der Waals surface area contributed by atoms with E-state index in [0.717, 1.165) is 29.0 Å². The molecular formula is C23H28N4O2S. The van der Waals surface area contributed by atoms with Crippen LogP contribution in [-0.2, 0) is 18.3 Å². The van der Waals surface area contributed by atoms with Crippen LogP contribution in [0.5, 0.6) is 5.75 Å². The number of para-hydroxylation sites is 1. The van der Waals surface area contributed by atoms with E-state index in [4.69, 9.17) is 4.74 Å². The highest BCUT2D eigenvalue weighted by atomic mass is 32.2. The molecule has 1 amide bonds. The SMILES string of the molecule is CCc1ccc(OC(C)c2nnc(SCC(=O)Nc3c(C)cccc3C)n2C)cc1. The predicted molar refractivity (Wildman–Crippen MR) is 121 cm³/mol. The Morgan fingerprint density at radius 1 is 1.13 bits per heavy atom. The largest absolute Gasteiger partial charge is 0.483 e. The Balaban J connectivity index is 1.59. The molecule has 0 saturated heterocycles. The maximum Gasteiger partial charge on any atom is 0.234 e. The lowest BCUT2D eigenvalue weighted by Crippen LogP contribution is -2.16. The van der Waals surface area contributed by atoms with Gasteiger partial charge >= 0.3 is 0 Å². The minimum atomic E-state index is -0.257. The number of rotatable bonds is 8. The molecule has 0 fully saturated rings. The first-order valence-electron chi connectivity index (χ1n) is 10.0. The van der Waals surface area contributed by atoms with Gasteiger partial charge in [0.15, 0.2) is 17.1 Å². The molecule has 1 N–H and O–H groups in total. The molecule has 30 heavy (non-hydrogen) atoms. The number of carbonyl (C=O) groups excluding carboxylic acids is 1. The number of amides is 1. The third-order valence-corrected chi connectivity index (χ3v) is 5.97. The maximum absolute atomic E-state index is 12.4. The van der Waals surface area contributed by atoms with Crippen LogP contribution in [-0.4, -0.2) is 26.4 Å². The zero-order valence-electron chi connectivity index (χ0n) is 18.1. The second kappa shape index (κ2) is 9.80. The van der Waals surface area contributed by atoms with Crippen LogP contribution in [0.1, 0.15) is 42.5 Å². The fourth-order valence-corrected chi connectivity index (χ4v) is 3.90. The number of anilines is 1. The van der Waals surface area contributed by atoms with Crippen LogP contribution in [0.2, 0.25) is 0 Å². The van der Waals surface area contributed by atoms with Crippen molar-refractivity contribution in [1.29, 1.82) is 0 Å². The molecule has 2 aromatic carbocycles. The summed E-state index contributed by atoms with van der Waals surface area (Å²) in [6.07, 6.45) is 0.740. The van der Waals surface area contributed by atoms with Crippen molar-refractivity contribution in [1.82, 2.24) is 14.8 Å². The van der Waals surface area contributed by atoms with Gasteiger partial charge in [0.1, 0.15) is 5.75 Å². The molecule has 3 aromatic rings. The van der Waals surface area contributed by atoms with Crippen LogP contribution in [0.3, 0.4) is 0 Å². The lowest BCUT2D eigenvalue weighted by atomic mass is 10.1. The topological polar surface area (TPSA) is 69.0 Å². The monoisotopic (exact) mass is 424 g/mol. The Morgan fingerprint density at radius 2 is 1.80 bits per heavy atom. The Morgan fingerprint density at radius 3 is 2.43 bits per heavy atom. The zero-order chi connectivity index (χ0) is 21.7. The first kappa shape index (κ1) is 21.9. The highest BCUT2D eigenvalue weighted by Crippen LogP contribution is 2.25. The molecule has 3 rings (SSSR count). The van der Waals surface area contributed by atoms with Crippen molar-refractivity contribution in [2.45, 2.75) is 45.4 Å². The Hall–Kier alpha value is -2.80. The van der Waals surface area contributed by atoms with Gasteiger partial charge in [-0.05, 0) is 56.0 Å². The Labute approximate surface area is 182 Å². The summed E-state index contributed by atoms with van der Waals surface area (Å²) in [5.41, 5.74) is 4.24. The summed E-state index contributed by atoms with van der Waals surface area (Å²) >= 11 is 1.36. The lowest BCUT2D eigenvalue weighted by Gasteiger charge is -2.14. The van der Waals surface area contributed by atoms with E-state index in [2.05, 4.69) is 34.6 Å². The summed E-state index contributed by atoms with van der Waals surface area (Å²) < 4.78 is 7.89. The third kappa shape index (κ3) is 5.21. The first-order valence-corrected chi connectivity index (χ1v) is 11.0. The van der Waals surface area contributed by atoms with Crippen LogP contribution in [0, 0.1) is 13.8 Å². The van der Waals surface area contributed by atoms with E-state index in [9.17, 15) is 4.79 Å². The highest BCUT2D eigenvalue weighted by Gasteiger charge is 2.18. The number of benzene rings is 2. The number of hydrogen-bond acceptors (Lipinski definition) is 5. The van der Waals surface area contributed by atoms with Gasteiger partial charge < -0.3 is 14.6 Å². The third-order valence-electron chi connectivity index (χ3n) is 4.95. The number of nitrogens with one attached hydrogen (secondary N) is 1. The summed E-state index contributed by atoms with van der Waals surface area (Å²) in [4.78, 5) is 12.4. The van der Waals surface area contributed by atoms with Gasteiger partial charge in [0.05, 0.1) is 5.75 Å². The summed E-state index contributed by atoms with van der Waals surface area (Å²) in [6, 6.07) is 14.0. The first-order chi connectivity index (χ1) is 14.4. The number of ether oxygens (including phenoxy) is 1. The number of thioether (sulfide) groups is 1. The van der Waals surface area contributed by atoms with Gasteiger partial charge in [0.25, 0.3) is 0 Å². The van der Waals surface area contributed by atoms with Crippen molar-refractivity contribution in [2.24, 2.45) is 7.05 Å². The van der Waals surface area contributed by atoms with Crippen LogP contribution >= 0.6 is 11.8 Å². The fraction of sp³-hybridized carbons (Fsp3) is 0.348. The summed E-state index contributed by atoms with van der Waals surface area (Å²) in [5, 5.41) is 12.2. The van der Waals surface area contributed by atoms with E-state index in [1.54, 1.807) is 0 Å². The molecule has 6 nitrogen and oxygen atoms in total. The number of hydrogen-bond donors (Lipinski definition) is 1. The van der Waals surface area contributed by atoms with E-state index >= 15 is 0 Å². The molecule has 0 aliphatic rings. The van der Waals surface area contributed by atoms with Crippen LogP contribution < -0.4 is 10.1 Å². The molecule has 0 radical (unpaired) electrons. The molecule has 158 valence electrons. The number of nitrogens with zero attached hydrogens (tertiary/aromatic N) is 3. The summed E-state index contributed by atoms with van der Waals surface area (Å²) in [7, 11) is 1.89. The predicted octanol–water partition coefficient (Wildman–Crippen LogP) is 4.87. The van der Waals surface area contributed by atoms with Gasteiger partial charge in [-0.25, -0.2) is 0 Å². The molecule has 1 aromatic heterocycles. The molecule has 0 aliphatic heterocycles. The van der Waals surface area contributed by atoms with E-state index in [0.29, 0.717) is 11.0 Å². The smallest absolute Gasteiger partial charge is 0.234 e. The molecule has 1 unspecified atom stereocenters. The van der Waals surface area contributed by atoms with Gasteiger partial charge in [-0.3, -0.25) is 4.79 Å². The molecule has 0 saturated carbocycles. The van der Waals surface area contributed by atoms with Gasteiger partial charge in [-0.2, -0.15) is 0 Å². The van der Waals surface area contributed by atoms with Crippen molar-refractivity contribution in [3.05, 3.63) is 65.0 Å². The van der Waals surface area contributed by atoms with E-state index in [-0.39, 0.29) is 17.8 Å². The Kier molecular flexibility index (Phi) is 7.15. The van der Waals surface area contributed by atoms with Crippen LogP contribution in [0.25, 0.3) is 0 Å². The second-order valence-electron chi connectivity index (χ2n) is 7.26. The van der Waals surface area contributed by atoms with Crippen molar-refractivity contribution in [3.63, 3.8) is 0 Å². The Bertz CT molecular complexity index is 994. The summed E-state index contributed by atoms with van der Waals surface area (Å²) in [5.74, 6) is 1.70. The lowest BCUT2D eigenvalue weighted by molar-refractivity contribution is -0.113. The molecule has 0 aliphatic carbocycles. The average Bonchev–Trinajstić information content (AvgIpc) is 3.10. The van der Waals surface area contributed by atoms with Crippen LogP contribution in [0.4, 0.5) is 5.69 Å². The molecule has 0 spiro atoms. The average molecular weight is 425 g/mol. The highest BCUT2D eigenvalue weighted by molar-refractivity contribution is 7.99. The van der Waals surface area contributed by atoms with Crippen LogP contribution in [0.15, 0.2) is 47.6 Å². The quantitative estimate of drug-likeness (QED) is 0.523. The number of aryl methyl sites for hydroxylation is 3. The van der Waals surface area contributed by atoms with Crippen molar-refractivity contribution in [3.8, 4) is 5.75 Å². The van der Waals surface area contributed by atoms with Gasteiger partial charge in [0, 0.05) is 12.7 Å². The molecule has 1 atom stereocenters. The van der Waals surface area contributed by atoms with Crippen molar-refractivity contribution >= 4 is 23.4 Å². The second-order valence-corrected chi connectivity index (χ2v) is 8.20. The normalized spacial score (nSPS) is 11.9. The molecule has 1 heterocycles. The zero-order valence-corrected chi connectivity index (χ0v) is 18.9. The van der Waals surface area contributed by atoms with Crippen molar-refractivity contribution in [2.75, 3.05) is 11.1 Å². The molecule has 7 heteroatoms. The van der Waals surface area contributed by atoms with Gasteiger partial charge in [-0.1, -0.05) is 49.0 Å². The summed E-state index contributed by atoms with van der Waals surface area (Å²) in [6.45, 7) is 8.04. The van der Waals surface area contributed by atoms with E-state index < -0.39 is 0 Å². The fourth-order valence-electron chi connectivity index (χ4n) is 3.18. The maximum atomic E-state index is 12.4. The van der Waals surface area contributed by atoms with Gasteiger partial charge in [-0.15, -0.1) is 10.2 Å². The van der Waals surface area contributed by atoms with Gasteiger partial charge in [0.2, 0.25) is 5.91 Å². The molecule has 0 bridgehead atoms. The number of aromatic nitrogens is 3. The minimum absolute atomic E-state index is 0.0673. The van der Waals surface area contributed by atoms with E-state index in [1.165, 1.54) is 17.3 Å². The number of carbonyl (C=O) groups is 1. The minimum Gasteiger partial charge on any atom is -0.483 e. The van der Waals surface area contributed by atoms with E-state index in [1.807, 2.05) is 62.7 Å². The molecular weight excluding hydrogens is 396 g/mol.